The number of nitrogens with one attached hydrogen (secondary N) is 1. The van der Waals surface area contributed by atoms with Gasteiger partial charge in [0.2, 0.25) is 0 Å². The van der Waals surface area contributed by atoms with Crippen molar-refractivity contribution in [2.24, 2.45) is 0 Å². The number of hydrogen-bond donors (Lipinski definition) is 2. The molecule has 1 aromatic carbocycles. The molecule has 0 amide bonds. The van der Waals surface area contributed by atoms with Gasteiger partial charge in [-0.1, -0.05) is 17.7 Å². The van der Waals surface area contributed by atoms with Crippen molar-refractivity contribution in [3.8, 4) is 11.4 Å². The van der Waals surface area contributed by atoms with Crippen LogP contribution in [0, 0.1) is 20.8 Å². The highest BCUT2D eigenvalue weighted by molar-refractivity contribution is 6.00. The zero-order valence-electron chi connectivity index (χ0n) is 12.1. The lowest BCUT2D eigenvalue weighted by molar-refractivity contribution is 0.0698. The fourth-order valence-corrected chi connectivity index (χ4v) is 2.76. The van der Waals surface area contributed by atoms with Crippen molar-refractivity contribution >= 4 is 17.1 Å². The Morgan fingerprint density at radius 3 is 2.48 bits per heavy atom. The molecule has 2 heterocycles. The predicted molar refractivity (Wildman–Crippen MR) is 80.5 cm³/mol. The summed E-state index contributed by atoms with van der Waals surface area (Å²) in [4.78, 5) is 23.0. The number of carboxylic acid groups (broad SMARTS) is 1. The Hall–Kier alpha value is -2.69. The van der Waals surface area contributed by atoms with E-state index in [1.54, 1.807) is 0 Å². The van der Waals surface area contributed by atoms with Crippen molar-refractivity contribution in [1.29, 1.82) is 0 Å². The molecule has 5 nitrogen and oxygen atoms in total. The van der Waals surface area contributed by atoms with Gasteiger partial charge in [0.05, 0.1) is 11.1 Å². The van der Waals surface area contributed by atoms with Crippen molar-refractivity contribution in [1.82, 2.24) is 15.0 Å². The van der Waals surface area contributed by atoms with Crippen LogP contribution < -0.4 is 0 Å². The SMILES string of the molecule is Cc1cc(C)c(-c2nc3nccc(C(=O)O)c3[nH]2)c(C)c1. The topological polar surface area (TPSA) is 78.9 Å². The Morgan fingerprint density at radius 2 is 1.86 bits per heavy atom. The van der Waals surface area contributed by atoms with E-state index in [-0.39, 0.29) is 5.56 Å². The van der Waals surface area contributed by atoms with Gasteiger partial charge >= 0.3 is 5.97 Å². The molecule has 0 fully saturated rings. The minimum Gasteiger partial charge on any atom is -0.478 e. The molecule has 0 aliphatic heterocycles. The number of imidazole rings is 1. The van der Waals surface area contributed by atoms with Crippen LogP contribution in [0.25, 0.3) is 22.6 Å². The summed E-state index contributed by atoms with van der Waals surface area (Å²) in [6, 6.07) is 5.64. The molecule has 0 aliphatic rings. The number of hydrogen-bond acceptors (Lipinski definition) is 3. The summed E-state index contributed by atoms with van der Waals surface area (Å²) in [6.07, 6.45) is 1.46. The van der Waals surface area contributed by atoms with Crippen LogP contribution >= 0.6 is 0 Å². The second kappa shape index (κ2) is 4.70. The molecule has 0 atom stereocenters. The third kappa shape index (κ3) is 2.16. The minimum absolute atomic E-state index is 0.182. The number of aromatic carboxylic acids is 1. The molecule has 0 saturated carbocycles. The monoisotopic (exact) mass is 281 g/mol. The normalized spacial score (nSPS) is 11.0. The fraction of sp³-hybridized carbons (Fsp3) is 0.188. The molecule has 0 bridgehead atoms. The maximum atomic E-state index is 11.3. The van der Waals surface area contributed by atoms with Crippen molar-refractivity contribution < 1.29 is 9.90 Å². The number of H-pyrrole nitrogens is 1. The van der Waals surface area contributed by atoms with Crippen LogP contribution in [0.4, 0.5) is 0 Å². The van der Waals surface area contributed by atoms with E-state index in [0.717, 1.165) is 16.7 Å². The first-order valence-electron chi connectivity index (χ1n) is 6.63. The summed E-state index contributed by atoms with van der Waals surface area (Å²) in [7, 11) is 0. The quantitative estimate of drug-likeness (QED) is 0.755. The maximum Gasteiger partial charge on any atom is 0.338 e. The molecular formula is C16H15N3O2. The van der Waals surface area contributed by atoms with Gasteiger partial charge < -0.3 is 10.1 Å². The number of benzene rings is 1. The van der Waals surface area contributed by atoms with Crippen LogP contribution in [-0.2, 0) is 0 Å². The molecule has 2 aromatic heterocycles. The molecule has 106 valence electrons. The zero-order chi connectivity index (χ0) is 15.1. The summed E-state index contributed by atoms with van der Waals surface area (Å²) in [5.41, 5.74) is 5.45. The van der Waals surface area contributed by atoms with E-state index in [9.17, 15) is 9.90 Å². The number of pyridine rings is 1. The molecule has 0 unspecified atom stereocenters. The molecule has 0 radical (unpaired) electrons. The highest BCUT2D eigenvalue weighted by atomic mass is 16.4. The molecule has 5 heteroatoms. The maximum absolute atomic E-state index is 11.3. The number of aromatic amines is 1. The lowest BCUT2D eigenvalue weighted by atomic mass is 9.99. The fourth-order valence-electron chi connectivity index (χ4n) is 2.76. The number of rotatable bonds is 2. The first-order chi connectivity index (χ1) is 9.97. The molecule has 21 heavy (non-hydrogen) atoms. The van der Waals surface area contributed by atoms with Crippen molar-refractivity contribution in [2.75, 3.05) is 0 Å². The first-order valence-corrected chi connectivity index (χ1v) is 6.63. The smallest absolute Gasteiger partial charge is 0.338 e. The van der Waals surface area contributed by atoms with Crippen LogP contribution in [0.3, 0.4) is 0 Å². The van der Waals surface area contributed by atoms with Crippen molar-refractivity contribution in [3.63, 3.8) is 0 Å². The highest BCUT2D eigenvalue weighted by Crippen LogP contribution is 2.28. The summed E-state index contributed by atoms with van der Waals surface area (Å²) in [5, 5.41) is 9.23. The summed E-state index contributed by atoms with van der Waals surface area (Å²) in [5.74, 6) is -0.337. The third-order valence-electron chi connectivity index (χ3n) is 3.54. The van der Waals surface area contributed by atoms with Gasteiger partial charge in [-0.15, -0.1) is 0 Å². The van der Waals surface area contributed by atoms with Gasteiger partial charge in [0.15, 0.2) is 5.65 Å². The van der Waals surface area contributed by atoms with E-state index in [4.69, 9.17) is 0 Å². The Bertz CT molecular complexity index is 842. The second-order valence-electron chi connectivity index (χ2n) is 5.22. The van der Waals surface area contributed by atoms with E-state index in [1.807, 2.05) is 20.8 Å². The van der Waals surface area contributed by atoms with Crippen molar-refractivity contribution in [3.05, 3.63) is 46.6 Å². The van der Waals surface area contributed by atoms with Crippen LogP contribution in [0.5, 0.6) is 0 Å². The predicted octanol–water partition coefficient (Wildman–Crippen LogP) is 3.25. The van der Waals surface area contributed by atoms with Crippen molar-refractivity contribution in [2.45, 2.75) is 20.8 Å². The molecule has 3 rings (SSSR count). The molecule has 0 aliphatic carbocycles. The average molecular weight is 281 g/mol. The standard InChI is InChI=1S/C16H15N3O2/c1-8-6-9(2)12(10(3)7-8)14-18-13-11(16(20)21)4-5-17-15(13)19-14/h4-7H,1-3H3,(H,20,21)(H,17,18,19). The van der Waals surface area contributed by atoms with Gasteiger partial charge in [0, 0.05) is 11.8 Å². The Labute approximate surface area is 121 Å². The Kier molecular flexibility index (Phi) is 2.97. The van der Waals surface area contributed by atoms with Crippen LogP contribution in [0.15, 0.2) is 24.4 Å². The van der Waals surface area contributed by atoms with Gasteiger partial charge in [-0.05, 0) is 38.0 Å². The summed E-state index contributed by atoms with van der Waals surface area (Å²) < 4.78 is 0. The highest BCUT2D eigenvalue weighted by Gasteiger charge is 2.16. The number of aromatic nitrogens is 3. The minimum atomic E-state index is -0.991. The van der Waals surface area contributed by atoms with Gasteiger partial charge in [0.25, 0.3) is 0 Å². The number of aryl methyl sites for hydroxylation is 3. The Morgan fingerprint density at radius 1 is 1.19 bits per heavy atom. The molecular weight excluding hydrogens is 266 g/mol. The largest absolute Gasteiger partial charge is 0.478 e. The molecule has 0 saturated heterocycles. The van der Waals surface area contributed by atoms with E-state index < -0.39 is 5.97 Å². The summed E-state index contributed by atoms with van der Waals surface area (Å²) in [6.45, 7) is 6.09. The Balaban J connectivity index is 2.28. The van der Waals surface area contributed by atoms with Crippen LogP contribution in [0.2, 0.25) is 0 Å². The van der Waals surface area contributed by atoms with Gasteiger partial charge in [-0.25, -0.2) is 14.8 Å². The summed E-state index contributed by atoms with van der Waals surface area (Å²) >= 11 is 0. The van der Waals surface area contributed by atoms with E-state index in [0.29, 0.717) is 17.0 Å². The van der Waals surface area contributed by atoms with Crippen LogP contribution in [0.1, 0.15) is 27.0 Å². The zero-order valence-corrected chi connectivity index (χ0v) is 12.1. The number of carboxylic acids is 1. The van der Waals surface area contributed by atoms with E-state index in [2.05, 4.69) is 27.1 Å². The number of carbonyl (C=O) groups is 1. The molecule has 0 spiro atoms. The second-order valence-corrected chi connectivity index (χ2v) is 5.22. The van der Waals surface area contributed by atoms with Gasteiger partial charge in [-0.2, -0.15) is 0 Å². The van der Waals surface area contributed by atoms with Crippen LogP contribution in [-0.4, -0.2) is 26.0 Å². The van der Waals surface area contributed by atoms with E-state index in [1.165, 1.54) is 17.8 Å². The number of nitrogens with zero attached hydrogens (tertiary/aromatic N) is 2. The molecule has 3 aromatic rings. The molecule has 2 N–H and O–H groups in total. The number of fused-ring (bicyclic) bond motifs is 1. The third-order valence-corrected chi connectivity index (χ3v) is 3.54. The van der Waals surface area contributed by atoms with E-state index >= 15 is 0 Å². The average Bonchev–Trinajstić information content (AvgIpc) is 2.79. The lowest BCUT2D eigenvalue weighted by Gasteiger charge is -2.08. The lowest BCUT2D eigenvalue weighted by Crippen LogP contribution is -1.97. The van der Waals surface area contributed by atoms with Gasteiger partial charge in [0.1, 0.15) is 5.82 Å². The first kappa shape index (κ1) is 13.3. The van der Waals surface area contributed by atoms with Gasteiger partial charge in [-0.3, -0.25) is 0 Å².